The van der Waals surface area contributed by atoms with Gasteiger partial charge in [-0.15, -0.1) is 0 Å². The van der Waals surface area contributed by atoms with E-state index in [1.165, 1.54) is 0 Å². The van der Waals surface area contributed by atoms with E-state index < -0.39 is 0 Å². The van der Waals surface area contributed by atoms with Crippen molar-refractivity contribution in [1.82, 2.24) is 20.1 Å². The fourth-order valence-electron chi connectivity index (χ4n) is 2.96. The molecule has 3 heterocycles. The van der Waals surface area contributed by atoms with E-state index in [4.69, 9.17) is 10.00 Å². The van der Waals surface area contributed by atoms with E-state index in [0.29, 0.717) is 35.8 Å². The molecule has 0 radical (unpaired) electrons. The molecule has 1 amide bonds. The fraction of sp³-hybridized carbons (Fsp3) is 0.412. The van der Waals surface area contributed by atoms with Crippen molar-refractivity contribution in [2.45, 2.75) is 32.8 Å². The molecule has 0 bridgehead atoms. The third-order valence-electron chi connectivity index (χ3n) is 4.16. The standard InChI is InChI=1S/C17H19N5O2/c1-11-16(12(2)21-20-11)17(23)22-7-3-4-14(10-22)24-15-8-13(9-18)5-6-19-15/h5-6,8,14H,3-4,7,10H2,1-2H3,(H,20,21)/t14-/m0/s1. The van der Waals surface area contributed by atoms with Crippen molar-refractivity contribution in [2.24, 2.45) is 0 Å². The zero-order valence-electron chi connectivity index (χ0n) is 13.7. The van der Waals surface area contributed by atoms with Crippen molar-refractivity contribution in [2.75, 3.05) is 13.1 Å². The zero-order valence-corrected chi connectivity index (χ0v) is 13.7. The highest BCUT2D eigenvalue weighted by Gasteiger charge is 2.28. The summed E-state index contributed by atoms with van der Waals surface area (Å²) in [4.78, 5) is 18.7. The summed E-state index contributed by atoms with van der Waals surface area (Å²) in [5.41, 5.74) is 2.64. The van der Waals surface area contributed by atoms with Crippen LogP contribution in [0.15, 0.2) is 18.3 Å². The summed E-state index contributed by atoms with van der Waals surface area (Å²) in [5, 5.41) is 15.9. The van der Waals surface area contributed by atoms with Crippen molar-refractivity contribution < 1.29 is 9.53 Å². The number of ether oxygens (including phenoxy) is 1. The van der Waals surface area contributed by atoms with Gasteiger partial charge in [0, 0.05) is 24.5 Å². The first-order valence-corrected chi connectivity index (χ1v) is 7.92. The molecule has 2 aromatic rings. The number of piperidine rings is 1. The Bertz CT molecular complexity index is 773. The first-order valence-electron chi connectivity index (χ1n) is 7.92. The van der Waals surface area contributed by atoms with Crippen molar-refractivity contribution in [3.63, 3.8) is 0 Å². The molecule has 24 heavy (non-hydrogen) atoms. The molecule has 1 aliphatic rings. The molecule has 3 rings (SSSR count). The first kappa shape index (κ1) is 16.0. The molecule has 0 spiro atoms. The number of nitrogens with one attached hydrogen (secondary N) is 1. The molecule has 1 fully saturated rings. The quantitative estimate of drug-likeness (QED) is 0.931. The summed E-state index contributed by atoms with van der Waals surface area (Å²) in [6.07, 6.45) is 3.14. The minimum absolute atomic E-state index is 0.0224. The molecule has 1 aliphatic heterocycles. The summed E-state index contributed by atoms with van der Waals surface area (Å²) in [6.45, 7) is 4.88. The van der Waals surface area contributed by atoms with E-state index in [0.717, 1.165) is 18.5 Å². The molecule has 0 aliphatic carbocycles. The average molecular weight is 325 g/mol. The number of hydrogen-bond acceptors (Lipinski definition) is 5. The smallest absolute Gasteiger partial charge is 0.257 e. The molecule has 0 saturated carbocycles. The molecule has 2 aromatic heterocycles. The number of aromatic nitrogens is 3. The van der Waals surface area contributed by atoms with Crippen LogP contribution in [0.2, 0.25) is 0 Å². The van der Waals surface area contributed by atoms with Crippen LogP contribution < -0.4 is 4.74 Å². The number of pyridine rings is 1. The number of nitriles is 1. The van der Waals surface area contributed by atoms with Gasteiger partial charge in [0.1, 0.15) is 6.10 Å². The number of aromatic amines is 1. The normalized spacial score (nSPS) is 17.4. The van der Waals surface area contributed by atoms with Crippen LogP contribution in [0.4, 0.5) is 0 Å². The number of carbonyl (C=O) groups excluding carboxylic acids is 1. The topological polar surface area (TPSA) is 94.9 Å². The third-order valence-corrected chi connectivity index (χ3v) is 4.16. The number of likely N-dealkylation sites (tertiary alicyclic amines) is 1. The van der Waals surface area contributed by atoms with Gasteiger partial charge < -0.3 is 9.64 Å². The Balaban J connectivity index is 1.70. The van der Waals surface area contributed by atoms with Gasteiger partial charge in [0.2, 0.25) is 5.88 Å². The van der Waals surface area contributed by atoms with Gasteiger partial charge in [0.25, 0.3) is 5.91 Å². The van der Waals surface area contributed by atoms with Gasteiger partial charge in [0.05, 0.1) is 29.4 Å². The zero-order chi connectivity index (χ0) is 17.1. The van der Waals surface area contributed by atoms with Crippen LogP contribution in [0.1, 0.15) is 40.2 Å². The lowest BCUT2D eigenvalue weighted by Gasteiger charge is -2.32. The minimum Gasteiger partial charge on any atom is -0.472 e. The molecular weight excluding hydrogens is 306 g/mol. The minimum atomic E-state index is -0.128. The molecule has 1 atom stereocenters. The number of hydrogen-bond donors (Lipinski definition) is 1. The molecule has 7 nitrogen and oxygen atoms in total. The van der Waals surface area contributed by atoms with E-state index >= 15 is 0 Å². The maximum atomic E-state index is 12.8. The Kier molecular flexibility index (Phi) is 4.47. The number of carbonyl (C=O) groups is 1. The molecule has 7 heteroatoms. The second-order valence-electron chi connectivity index (χ2n) is 5.94. The van der Waals surface area contributed by atoms with Gasteiger partial charge in [-0.1, -0.05) is 0 Å². The van der Waals surface area contributed by atoms with Gasteiger partial charge in [-0.25, -0.2) is 4.98 Å². The first-order chi connectivity index (χ1) is 11.6. The van der Waals surface area contributed by atoms with Gasteiger partial charge in [-0.3, -0.25) is 9.89 Å². The van der Waals surface area contributed by atoms with Crippen LogP contribution in [0.3, 0.4) is 0 Å². The molecule has 0 aromatic carbocycles. The predicted molar refractivity (Wildman–Crippen MR) is 86.6 cm³/mol. The Labute approximate surface area is 140 Å². The number of amides is 1. The summed E-state index contributed by atoms with van der Waals surface area (Å²) >= 11 is 0. The van der Waals surface area contributed by atoms with Crippen LogP contribution in [-0.4, -0.2) is 45.2 Å². The lowest BCUT2D eigenvalue weighted by Crippen LogP contribution is -2.44. The Morgan fingerprint density at radius 1 is 1.50 bits per heavy atom. The number of H-pyrrole nitrogens is 1. The average Bonchev–Trinajstić information content (AvgIpc) is 2.93. The molecule has 124 valence electrons. The Morgan fingerprint density at radius 3 is 3.04 bits per heavy atom. The molecular formula is C17H19N5O2. The second kappa shape index (κ2) is 6.71. The van der Waals surface area contributed by atoms with Gasteiger partial charge >= 0.3 is 0 Å². The Hall–Kier alpha value is -2.88. The molecule has 0 unspecified atom stereocenters. The van der Waals surface area contributed by atoms with E-state index in [-0.39, 0.29) is 12.0 Å². The van der Waals surface area contributed by atoms with E-state index in [9.17, 15) is 4.79 Å². The van der Waals surface area contributed by atoms with Gasteiger partial charge in [0.15, 0.2) is 0 Å². The van der Waals surface area contributed by atoms with Gasteiger partial charge in [-0.05, 0) is 32.8 Å². The SMILES string of the molecule is Cc1n[nH]c(C)c1C(=O)N1CCC[C@H](Oc2cc(C#N)ccn2)C1. The Morgan fingerprint density at radius 2 is 2.33 bits per heavy atom. The highest BCUT2D eigenvalue weighted by molar-refractivity contribution is 5.96. The van der Waals surface area contributed by atoms with Crippen LogP contribution in [-0.2, 0) is 0 Å². The lowest BCUT2D eigenvalue weighted by atomic mass is 10.1. The maximum Gasteiger partial charge on any atom is 0.257 e. The lowest BCUT2D eigenvalue weighted by molar-refractivity contribution is 0.0526. The summed E-state index contributed by atoms with van der Waals surface area (Å²) in [7, 11) is 0. The summed E-state index contributed by atoms with van der Waals surface area (Å²) in [6, 6.07) is 5.32. The van der Waals surface area contributed by atoms with Crippen LogP contribution in [0.25, 0.3) is 0 Å². The van der Waals surface area contributed by atoms with Crippen molar-refractivity contribution in [3.8, 4) is 11.9 Å². The van der Waals surface area contributed by atoms with Crippen molar-refractivity contribution in [3.05, 3.63) is 40.8 Å². The maximum absolute atomic E-state index is 12.8. The largest absolute Gasteiger partial charge is 0.472 e. The summed E-state index contributed by atoms with van der Waals surface area (Å²) in [5.74, 6) is 0.398. The molecule has 1 N–H and O–H groups in total. The van der Waals surface area contributed by atoms with Gasteiger partial charge in [-0.2, -0.15) is 10.4 Å². The van der Waals surface area contributed by atoms with E-state index in [1.807, 2.05) is 13.8 Å². The van der Waals surface area contributed by atoms with Crippen molar-refractivity contribution in [1.29, 1.82) is 5.26 Å². The number of nitrogens with zero attached hydrogens (tertiary/aromatic N) is 4. The predicted octanol–water partition coefficient (Wildman–Crippen LogP) is 1.98. The highest BCUT2D eigenvalue weighted by atomic mass is 16.5. The third kappa shape index (κ3) is 3.23. The highest BCUT2D eigenvalue weighted by Crippen LogP contribution is 2.20. The number of rotatable bonds is 3. The van der Waals surface area contributed by atoms with E-state index in [1.54, 1.807) is 23.2 Å². The van der Waals surface area contributed by atoms with Crippen LogP contribution in [0.5, 0.6) is 5.88 Å². The van der Waals surface area contributed by atoms with Crippen LogP contribution >= 0.6 is 0 Å². The fourth-order valence-corrected chi connectivity index (χ4v) is 2.96. The monoisotopic (exact) mass is 325 g/mol. The number of aryl methyl sites for hydroxylation is 2. The second-order valence-corrected chi connectivity index (χ2v) is 5.94. The summed E-state index contributed by atoms with van der Waals surface area (Å²) < 4.78 is 5.88. The van der Waals surface area contributed by atoms with E-state index in [2.05, 4.69) is 21.3 Å². The van der Waals surface area contributed by atoms with Crippen molar-refractivity contribution >= 4 is 5.91 Å². The molecule has 1 saturated heterocycles. The van der Waals surface area contributed by atoms with Crippen LogP contribution in [0, 0.1) is 25.2 Å².